The van der Waals surface area contributed by atoms with E-state index >= 15 is 0 Å². The SMILES string of the molecule is CC(C)N1CCN(Cc2ccc(-c3cncc(-c4cc(NC5CC5)nc(-c5ccccn5)c4)c3)cc2)CC1. The zero-order valence-corrected chi connectivity index (χ0v) is 22.3. The van der Waals surface area contributed by atoms with Gasteiger partial charge in [0.1, 0.15) is 5.82 Å². The van der Waals surface area contributed by atoms with Crippen LogP contribution >= 0.6 is 0 Å². The van der Waals surface area contributed by atoms with E-state index in [1.165, 1.54) is 24.0 Å². The van der Waals surface area contributed by atoms with Crippen molar-refractivity contribution in [3.8, 4) is 33.6 Å². The maximum atomic E-state index is 4.86. The van der Waals surface area contributed by atoms with Gasteiger partial charge in [0.25, 0.3) is 0 Å². The Labute approximate surface area is 225 Å². The first kappa shape index (κ1) is 24.7. The number of anilines is 1. The van der Waals surface area contributed by atoms with Gasteiger partial charge >= 0.3 is 0 Å². The summed E-state index contributed by atoms with van der Waals surface area (Å²) in [6.07, 6.45) is 8.11. The van der Waals surface area contributed by atoms with Gasteiger partial charge in [0.2, 0.25) is 0 Å². The molecule has 38 heavy (non-hydrogen) atoms. The third-order valence-electron chi connectivity index (χ3n) is 7.58. The third kappa shape index (κ3) is 5.93. The molecule has 194 valence electrons. The van der Waals surface area contributed by atoms with Crippen LogP contribution < -0.4 is 5.32 Å². The van der Waals surface area contributed by atoms with Gasteiger partial charge in [-0.05, 0) is 73.7 Å². The first-order valence-electron chi connectivity index (χ1n) is 13.8. The summed E-state index contributed by atoms with van der Waals surface area (Å²) in [4.78, 5) is 19.1. The van der Waals surface area contributed by atoms with Crippen LogP contribution in [0.25, 0.3) is 33.6 Å². The fourth-order valence-corrected chi connectivity index (χ4v) is 5.11. The van der Waals surface area contributed by atoms with Gasteiger partial charge < -0.3 is 5.32 Å². The van der Waals surface area contributed by atoms with Crippen molar-refractivity contribution < 1.29 is 0 Å². The summed E-state index contributed by atoms with van der Waals surface area (Å²) in [5, 5.41) is 3.56. The molecule has 0 radical (unpaired) electrons. The summed E-state index contributed by atoms with van der Waals surface area (Å²) < 4.78 is 0. The van der Waals surface area contributed by atoms with E-state index in [1.807, 2.05) is 36.8 Å². The van der Waals surface area contributed by atoms with E-state index in [0.717, 1.165) is 66.6 Å². The van der Waals surface area contributed by atoms with Gasteiger partial charge in [-0.3, -0.25) is 19.8 Å². The van der Waals surface area contributed by atoms with Crippen molar-refractivity contribution in [1.29, 1.82) is 0 Å². The summed E-state index contributed by atoms with van der Waals surface area (Å²) in [5.74, 6) is 0.898. The fraction of sp³-hybridized carbons (Fsp3) is 0.344. The number of rotatable bonds is 8. The van der Waals surface area contributed by atoms with Crippen molar-refractivity contribution in [1.82, 2.24) is 24.8 Å². The van der Waals surface area contributed by atoms with Crippen molar-refractivity contribution in [3.05, 3.63) is 84.8 Å². The number of nitrogens with one attached hydrogen (secondary N) is 1. The summed E-state index contributed by atoms with van der Waals surface area (Å²) in [6, 6.07) is 22.6. The second-order valence-corrected chi connectivity index (χ2v) is 10.8. The predicted molar refractivity (Wildman–Crippen MR) is 155 cm³/mol. The van der Waals surface area contributed by atoms with Crippen LogP contribution in [0.4, 0.5) is 5.82 Å². The molecule has 1 saturated carbocycles. The van der Waals surface area contributed by atoms with Crippen LogP contribution in [0, 0.1) is 0 Å². The molecule has 0 spiro atoms. The number of benzene rings is 1. The highest BCUT2D eigenvalue weighted by molar-refractivity contribution is 5.76. The molecule has 1 aromatic carbocycles. The van der Waals surface area contributed by atoms with Crippen LogP contribution in [-0.2, 0) is 6.54 Å². The topological polar surface area (TPSA) is 57.2 Å². The van der Waals surface area contributed by atoms with Crippen LogP contribution in [0.3, 0.4) is 0 Å². The number of piperazine rings is 1. The zero-order chi connectivity index (χ0) is 25.9. The molecule has 1 saturated heterocycles. The minimum atomic E-state index is 0.524. The molecule has 6 nitrogen and oxygen atoms in total. The summed E-state index contributed by atoms with van der Waals surface area (Å²) in [7, 11) is 0. The lowest BCUT2D eigenvalue weighted by atomic mass is 10.0. The van der Waals surface area contributed by atoms with E-state index in [4.69, 9.17) is 4.98 Å². The lowest BCUT2D eigenvalue weighted by Gasteiger charge is -2.36. The molecule has 1 aliphatic carbocycles. The molecule has 1 aliphatic heterocycles. The number of hydrogen-bond donors (Lipinski definition) is 1. The van der Waals surface area contributed by atoms with E-state index in [2.05, 4.69) is 81.4 Å². The van der Waals surface area contributed by atoms with E-state index < -0.39 is 0 Å². The molecular weight excluding hydrogens is 468 g/mol. The second kappa shape index (κ2) is 11.0. The van der Waals surface area contributed by atoms with Gasteiger partial charge in [0.05, 0.1) is 11.4 Å². The Morgan fingerprint density at radius 3 is 2.26 bits per heavy atom. The number of aromatic nitrogens is 3. The normalized spacial score (nSPS) is 16.6. The van der Waals surface area contributed by atoms with Crippen molar-refractivity contribution in [2.45, 2.75) is 45.3 Å². The highest BCUT2D eigenvalue weighted by Crippen LogP contribution is 2.32. The van der Waals surface area contributed by atoms with Crippen molar-refractivity contribution in [2.75, 3.05) is 31.5 Å². The molecule has 0 amide bonds. The van der Waals surface area contributed by atoms with Gasteiger partial charge in [-0.2, -0.15) is 0 Å². The van der Waals surface area contributed by atoms with E-state index in [9.17, 15) is 0 Å². The van der Waals surface area contributed by atoms with Gasteiger partial charge in [-0.15, -0.1) is 0 Å². The average molecular weight is 505 g/mol. The smallest absolute Gasteiger partial charge is 0.127 e. The molecule has 2 fully saturated rings. The van der Waals surface area contributed by atoms with Gasteiger partial charge in [-0.1, -0.05) is 30.3 Å². The lowest BCUT2D eigenvalue weighted by molar-refractivity contribution is 0.104. The van der Waals surface area contributed by atoms with Crippen LogP contribution in [0.5, 0.6) is 0 Å². The van der Waals surface area contributed by atoms with Gasteiger partial charge in [-0.25, -0.2) is 4.98 Å². The number of hydrogen-bond acceptors (Lipinski definition) is 6. The van der Waals surface area contributed by atoms with Crippen LogP contribution in [0.15, 0.2) is 79.3 Å². The first-order chi connectivity index (χ1) is 18.6. The van der Waals surface area contributed by atoms with Crippen LogP contribution in [0.1, 0.15) is 32.3 Å². The zero-order valence-electron chi connectivity index (χ0n) is 22.3. The molecule has 0 bridgehead atoms. The minimum absolute atomic E-state index is 0.524. The Balaban J connectivity index is 1.21. The molecule has 2 aliphatic rings. The third-order valence-corrected chi connectivity index (χ3v) is 7.58. The van der Waals surface area contributed by atoms with Gasteiger partial charge in [0, 0.05) is 74.5 Å². The van der Waals surface area contributed by atoms with E-state index in [-0.39, 0.29) is 0 Å². The Morgan fingerprint density at radius 2 is 1.58 bits per heavy atom. The van der Waals surface area contributed by atoms with Crippen LogP contribution in [0.2, 0.25) is 0 Å². The highest BCUT2D eigenvalue weighted by Gasteiger charge is 2.22. The lowest BCUT2D eigenvalue weighted by Crippen LogP contribution is -2.48. The maximum Gasteiger partial charge on any atom is 0.127 e. The molecular formula is C32H36N6. The molecule has 6 heteroatoms. The van der Waals surface area contributed by atoms with Gasteiger partial charge in [0.15, 0.2) is 0 Å². The highest BCUT2D eigenvalue weighted by atomic mass is 15.3. The van der Waals surface area contributed by atoms with Crippen LogP contribution in [-0.4, -0.2) is 63.0 Å². The van der Waals surface area contributed by atoms with E-state index in [0.29, 0.717) is 12.1 Å². The molecule has 0 atom stereocenters. The Bertz CT molecular complexity index is 1360. The monoisotopic (exact) mass is 504 g/mol. The Hall–Kier alpha value is -3.61. The molecule has 4 aromatic rings. The Kier molecular flexibility index (Phi) is 7.16. The summed E-state index contributed by atoms with van der Waals surface area (Å²) in [6.45, 7) is 10.2. The number of pyridine rings is 3. The first-order valence-corrected chi connectivity index (χ1v) is 13.8. The van der Waals surface area contributed by atoms with E-state index in [1.54, 1.807) is 0 Å². The second-order valence-electron chi connectivity index (χ2n) is 10.8. The standard InChI is InChI=1S/C32H36N6/c1-23(2)38-15-13-37(14-16-38)22-24-6-8-25(9-7-24)27-17-28(21-33-20-27)26-18-31(30-5-3-4-12-34-30)36-32(19-26)35-29-10-11-29/h3-9,12,17-21,23,29H,10-11,13-16,22H2,1-2H3,(H,35,36). The average Bonchev–Trinajstić information content (AvgIpc) is 3.78. The minimum Gasteiger partial charge on any atom is -0.367 e. The number of nitrogens with zero attached hydrogens (tertiary/aromatic N) is 5. The van der Waals surface area contributed by atoms with Crippen molar-refractivity contribution in [2.24, 2.45) is 0 Å². The molecule has 0 unspecified atom stereocenters. The summed E-state index contributed by atoms with van der Waals surface area (Å²) in [5.41, 5.74) is 7.58. The maximum absolute atomic E-state index is 4.86. The molecule has 6 rings (SSSR count). The molecule has 3 aromatic heterocycles. The molecule has 1 N–H and O–H groups in total. The molecule has 4 heterocycles. The van der Waals surface area contributed by atoms with Crippen molar-refractivity contribution in [3.63, 3.8) is 0 Å². The largest absolute Gasteiger partial charge is 0.367 e. The quantitative estimate of drug-likeness (QED) is 0.319. The fourth-order valence-electron chi connectivity index (χ4n) is 5.11. The predicted octanol–water partition coefficient (Wildman–Crippen LogP) is 5.97. The Morgan fingerprint density at radius 1 is 0.816 bits per heavy atom. The van der Waals surface area contributed by atoms with Crippen molar-refractivity contribution >= 4 is 5.82 Å². The summed E-state index contributed by atoms with van der Waals surface area (Å²) >= 11 is 0.